The number of hydrogen-bond donors (Lipinski definition) is 1. The van der Waals surface area contributed by atoms with E-state index in [2.05, 4.69) is 15.0 Å². The highest BCUT2D eigenvalue weighted by molar-refractivity contribution is 6.13. The molecule has 0 aliphatic rings. The molecule has 0 amide bonds. The quantitative estimate of drug-likeness (QED) is 0.677. The first-order chi connectivity index (χ1) is 8.36. The van der Waals surface area contributed by atoms with E-state index in [0.29, 0.717) is 16.9 Å². The molecule has 0 unspecified atom stereocenters. The van der Waals surface area contributed by atoms with Crippen LogP contribution in [0.4, 0.5) is 0 Å². The van der Waals surface area contributed by atoms with Crippen molar-refractivity contribution in [3.63, 3.8) is 0 Å². The van der Waals surface area contributed by atoms with E-state index in [0.717, 1.165) is 5.39 Å². The Labute approximate surface area is 97.3 Å². The van der Waals surface area contributed by atoms with Crippen molar-refractivity contribution in [2.45, 2.75) is 0 Å². The van der Waals surface area contributed by atoms with Gasteiger partial charge in [0.2, 0.25) is 5.78 Å². The second kappa shape index (κ2) is 3.83. The summed E-state index contributed by atoms with van der Waals surface area (Å²) in [4.78, 5) is 23.2. The number of ketones is 1. The molecular formula is C13H9N3O. The van der Waals surface area contributed by atoms with Crippen molar-refractivity contribution >= 4 is 16.7 Å². The summed E-state index contributed by atoms with van der Waals surface area (Å²) in [5.74, 6) is 0.197. The lowest BCUT2D eigenvalue weighted by Gasteiger charge is -2.02. The maximum Gasteiger partial charge on any atom is 0.230 e. The monoisotopic (exact) mass is 223 g/mol. The maximum atomic E-state index is 12.2. The number of nitrogens with zero attached hydrogens (tertiary/aromatic N) is 2. The number of H-pyrrole nitrogens is 1. The summed E-state index contributed by atoms with van der Waals surface area (Å²) in [7, 11) is 0. The highest BCUT2D eigenvalue weighted by Gasteiger charge is 2.14. The van der Waals surface area contributed by atoms with Crippen LogP contribution in [-0.2, 0) is 0 Å². The molecule has 0 aliphatic carbocycles. The largest absolute Gasteiger partial charge is 0.342 e. The van der Waals surface area contributed by atoms with E-state index in [1.54, 1.807) is 24.7 Å². The maximum absolute atomic E-state index is 12.2. The summed E-state index contributed by atoms with van der Waals surface area (Å²) in [6.07, 6.45) is 4.87. The average Bonchev–Trinajstić information content (AvgIpc) is 2.91. The molecule has 2 heterocycles. The number of rotatable bonds is 2. The van der Waals surface area contributed by atoms with Crippen molar-refractivity contribution in [2.75, 3.05) is 0 Å². The number of carbonyl (C=O) groups is 1. The number of carbonyl (C=O) groups excluding carboxylic acids is 1. The summed E-state index contributed by atoms with van der Waals surface area (Å²) in [6.45, 7) is 0. The number of para-hydroxylation sites is 1. The highest BCUT2D eigenvalue weighted by atomic mass is 16.1. The van der Waals surface area contributed by atoms with Crippen molar-refractivity contribution in [1.82, 2.24) is 15.0 Å². The molecule has 2 aromatic heterocycles. The van der Waals surface area contributed by atoms with Crippen LogP contribution in [0, 0.1) is 0 Å². The van der Waals surface area contributed by atoms with Crippen LogP contribution in [0.5, 0.6) is 0 Å². The molecule has 0 saturated carbocycles. The molecule has 0 atom stereocenters. The Balaban J connectivity index is 2.21. The van der Waals surface area contributed by atoms with E-state index in [1.165, 1.54) is 0 Å². The summed E-state index contributed by atoms with van der Waals surface area (Å²) in [5.41, 5.74) is 1.27. The molecule has 0 aliphatic heterocycles. The molecule has 82 valence electrons. The molecule has 0 radical (unpaired) electrons. The van der Waals surface area contributed by atoms with Crippen LogP contribution in [0.25, 0.3) is 10.9 Å². The third-order valence-electron chi connectivity index (χ3n) is 2.59. The van der Waals surface area contributed by atoms with Gasteiger partial charge in [-0.1, -0.05) is 18.2 Å². The van der Waals surface area contributed by atoms with Gasteiger partial charge in [0, 0.05) is 24.0 Å². The van der Waals surface area contributed by atoms with Crippen LogP contribution in [0.2, 0.25) is 0 Å². The van der Waals surface area contributed by atoms with Gasteiger partial charge in [0.15, 0.2) is 5.82 Å². The summed E-state index contributed by atoms with van der Waals surface area (Å²) in [6, 6.07) is 9.33. The molecule has 1 aromatic carbocycles. The van der Waals surface area contributed by atoms with Gasteiger partial charge in [-0.25, -0.2) is 4.98 Å². The Morgan fingerprint density at radius 3 is 2.76 bits per heavy atom. The zero-order valence-electron chi connectivity index (χ0n) is 8.92. The van der Waals surface area contributed by atoms with Gasteiger partial charge in [0.05, 0.1) is 11.1 Å². The molecule has 0 fully saturated rings. The second-order valence-corrected chi connectivity index (χ2v) is 3.65. The lowest BCUT2D eigenvalue weighted by Crippen LogP contribution is -2.04. The first-order valence-electron chi connectivity index (χ1n) is 5.24. The van der Waals surface area contributed by atoms with Crippen molar-refractivity contribution in [2.24, 2.45) is 0 Å². The minimum absolute atomic E-state index is 0.140. The van der Waals surface area contributed by atoms with Gasteiger partial charge < -0.3 is 4.98 Å². The fourth-order valence-electron chi connectivity index (χ4n) is 1.80. The van der Waals surface area contributed by atoms with Crippen molar-refractivity contribution < 1.29 is 4.79 Å². The van der Waals surface area contributed by atoms with Crippen molar-refractivity contribution in [3.05, 3.63) is 60.3 Å². The Morgan fingerprint density at radius 2 is 1.94 bits per heavy atom. The van der Waals surface area contributed by atoms with Crippen LogP contribution in [-0.4, -0.2) is 20.7 Å². The molecule has 0 spiro atoms. The number of fused-ring (bicyclic) bond motifs is 1. The van der Waals surface area contributed by atoms with Gasteiger partial charge in [0.1, 0.15) is 0 Å². The normalized spacial score (nSPS) is 10.6. The topological polar surface area (TPSA) is 58.6 Å². The van der Waals surface area contributed by atoms with Crippen LogP contribution >= 0.6 is 0 Å². The van der Waals surface area contributed by atoms with Gasteiger partial charge in [-0.15, -0.1) is 0 Å². The number of imidazole rings is 1. The van der Waals surface area contributed by atoms with E-state index in [-0.39, 0.29) is 5.78 Å². The minimum Gasteiger partial charge on any atom is -0.342 e. The number of aromatic nitrogens is 3. The van der Waals surface area contributed by atoms with Crippen molar-refractivity contribution in [1.29, 1.82) is 0 Å². The van der Waals surface area contributed by atoms with E-state index >= 15 is 0 Å². The van der Waals surface area contributed by atoms with Gasteiger partial charge in [-0.05, 0) is 12.1 Å². The first-order valence-corrected chi connectivity index (χ1v) is 5.24. The van der Waals surface area contributed by atoms with Crippen molar-refractivity contribution in [3.8, 4) is 0 Å². The van der Waals surface area contributed by atoms with E-state index in [1.807, 2.05) is 24.3 Å². The molecule has 3 rings (SSSR count). The number of hydrogen-bond acceptors (Lipinski definition) is 3. The third kappa shape index (κ3) is 1.59. The van der Waals surface area contributed by atoms with Crippen LogP contribution in [0.15, 0.2) is 48.9 Å². The molecule has 17 heavy (non-hydrogen) atoms. The smallest absolute Gasteiger partial charge is 0.230 e. The second-order valence-electron chi connectivity index (χ2n) is 3.65. The lowest BCUT2D eigenvalue weighted by atomic mass is 10.1. The fourth-order valence-corrected chi connectivity index (χ4v) is 1.80. The Morgan fingerprint density at radius 1 is 1.06 bits per heavy atom. The first kappa shape index (κ1) is 9.72. The predicted octanol–water partition coefficient (Wildman–Crippen LogP) is 2.19. The van der Waals surface area contributed by atoms with Crippen LogP contribution in [0.3, 0.4) is 0 Å². The van der Waals surface area contributed by atoms with Crippen LogP contribution in [0.1, 0.15) is 16.2 Å². The Bertz CT molecular complexity index is 669. The zero-order valence-corrected chi connectivity index (χ0v) is 8.92. The number of nitrogens with one attached hydrogen (secondary N) is 1. The predicted molar refractivity (Wildman–Crippen MR) is 63.8 cm³/mol. The van der Waals surface area contributed by atoms with Gasteiger partial charge in [0.25, 0.3) is 0 Å². The average molecular weight is 223 g/mol. The lowest BCUT2D eigenvalue weighted by molar-refractivity contribution is 0.103. The fraction of sp³-hybridized carbons (Fsp3) is 0. The van der Waals surface area contributed by atoms with Crippen LogP contribution < -0.4 is 0 Å². The molecule has 3 aromatic rings. The highest BCUT2D eigenvalue weighted by Crippen LogP contribution is 2.17. The summed E-state index contributed by atoms with van der Waals surface area (Å²) < 4.78 is 0. The van der Waals surface area contributed by atoms with Gasteiger partial charge in [-0.3, -0.25) is 9.78 Å². The molecule has 0 saturated heterocycles. The number of benzene rings is 1. The molecular weight excluding hydrogens is 214 g/mol. The zero-order chi connectivity index (χ0) is 11.7. The Kier molecular flexibility index (Phi) is 2.19. The van der Waals surface area contributed by atoms with E-state index in [9.17, 15) is 4.79 Å². The number of aromatic amines is 1. The molecule has 4 nitrogen and oxygen atoms in total. The third-order valence-corrected chi connectivity index (χ3v) is 2.59. The molecule has 0 bridgehead atoms. The van der Waals surface area contributed by atoms with E-state index < -0.39 is 0 Å². The molecule has 1 N–H and O–H groups in total. The van der Waals surface area contributed by atoms with Gasteiger partial charge in [-0.2, -0.15) is 0 Å². The van der Waals surface area contributed by atoms with Gasteiger partial charge >= 0.3 is 0 Å². The molecule has 4 heteroatoms. The SMILES string of the molecule is O=C(c1ncc[nH]1)c1cccc2cccnc12. The number of pyridine rings is 1. The summed E-state index contributed by atoms with van der Waals surface area (Å²) in [5, 5.41) is 0.949. The summed E-state index contributed by atoms with van der Waals surface area (Å²) >= 11 is 0. The Hall–Kier alpha value is -2.49. The minimum atomic E-state index is -0.140. The van der Waals surface area contributed by atoms with E-state index in [4.69, 9.17) is 0 Å². The standard InChI is InChI=1S/C13H9N3O/c17-12(13-15-7-8-16-13)10-5-1-3-9-4-2-6-14-11(9)10/h1-8H,(H,15,16).